The minimum absolute atomic E-state index is 0.105. The van der Waals surface area contributed by atoms with E-state index in [9.17, 15) is 14.0 Å². The van der Waals surface area contributed by atoms with Gasteiger partial charge in [-0.1, -0.05) is 18.2 Å². The molecule has 1 heterocycles. The van der Waals surface area contributed by atoms with Crippen molar-refractivity contribution < 1.29 is 23.5 Å². The summed E-state index contributed by atoms with van der Waals surface area (Å²) in [5.74, 6) is -1.23. The van der Waals surface area contributed by atoms with Crippen LogP contribution in [0.1, 0.15) is 5.56 Å². The second-order valence-electron chi connectivity index (χ2n) is 5.71. The van der Waals surface area contributed by atoms with Crippen molar-refractivity contribution in [3.8, 4) is 0 Å². The Morgan fingerprint density at radius 1 is 1.08 bits per heavy atom. The van der Waals surface area contributed by atoms with Crippen LogP contribution in [0.2, 0.25) is 0 Å². The number of hydrogen-bond acceptors (Lipinski definition) is 5. The van der Waals surface area contributed by atoms with Gasteiger partial charge in [0.2, 0.25) is 0 Å². The number of methoxy groups -OCH3 is 2. The number of carbonyl (C=O) groups is 2. The Labute approximate surface area is 152 Å². The highest BCUT2D eigenvalue weighted by molar-refractivity contribution is 6.35. The molecule has 0 unspecified atom stereocenters. The molecule has 2 rings (SSSR count). The molecule has 1 aliphatic heterocycles. The fourth-order valence-corrected chi connectivity index (χ4v) is 2.77. The molecule has 0 atom stereocenters. The molecule has 0 spiro atoms. The second kappa shape index (κ2) is 9.26. The highest BCUT2D eigenvalue weighted by atomic mass is 19.1. The van der Waals surface area contributed by atoms with Crippen LogP contribution in [0.5, 0.6) is 0 Å². The van der Waals surface area contributed by atoms with Crippen LogP contribution in [0.15, 0.2) is 42.6 Å². The Hall–Kier alpha value is -2.51. The summed E-state index contributed by atoms with van der Waals surface area (Å²) in [6.45, 7) is 5.31. The Bertz CT molecular complexity index is 692. The van der Waals surface area contributed by atoms with Gasteiger partial charge in [-0.25, -0.2) is 4.39 Å². The lowest BCUT2D eigenvalue weighted by Crippen LogP contribution is -2.37. The van der Waals surface area contributed by atoms with Crippen molar-refractivity contribution in [3.63, 3.8) is 0 Å². The van der Waals surface area contributed by atoms with E-state index in [1.165, 1.54) is 30.3 Å². The van der Waals surface area contributed by atoms with Crippen molar-refractivity contribution in [3.05, 3.63) is 54.0 Å². The van der Waals surface area contributed by atoms with Crippen molar-refractivity contribution in [2.45, 2.75) is 0 Å². The number of ether oxygens (including phenoxy) is 2. The summed E-state index contributed by atoms with van der Waals surface area (Å²) in [4.78, 5) is 28.7. The molecule has 6 nitrogen and oxygen atoms in total. The average Bonchev–Trinajstić information content (AvgIpc) is 2.88. The van der Waals surface area contributed by atoms with Crippen LogP contribution in [-0.2, 0) is 19.1 Å². The van der Waals surface area contributed by atoms with E-state index >= 15 is 0 Å². The first kappa shape index (κ1) is 19.8. The molecule has 1 aromatic carbocycles. The van der Waals surface area contributed by atoms with Gasteiger partial charge in [-0.15, -0.1) is 6.58 Å². The van der Waals surface area contributed by atoms with E-state index in [0.717, 1.165) is 4.90 Å². The van der Waals surface area contributed by atoms with Gasteiger partial charge in [0.15, 0.2) is 0 Å². The first-order chi connectivity index (χ1) is 12.5. The molecule has 140 valence electrons. The Kier molecular flexibility index (Phi) is 7.06. The number of halogens is 1. The van der Waals surface area contributed by atoms with Gasteiger partial charge in [-0.05, 0) is 17.7 Å². The molecular formula is C19H23FN2O4. The molecule has 0 bridgehead atoms. The Morgan fingerprint density at radius 2 is 1.65 bits per heavy atom. The van der Waals surface area contributed by atoms with Gasteiger partial charge in [0, 0.05) is 33.9 Å². The number of nitrogens with zero attached hydrogens (tertiary/aromatic N) is 2. The number of hydrogen-bond donors (Lipinski definition) is 0. The maximum atomic E-state index is 13.3. The predicted octanol–water partition coefficient (Wildman–Crippen LogP) is 1.69. The Morgan fingerprint density at radius 3 is 2.15 bits per heavy atom. The zero-order valence-corrected chi connectivity index (χ0v) is 15.0. The van der Waals surface area contributed by atoms with Crippen LogP contribution in [0.4, 0.5) is 4.39 Å². The SMILES string of the molecule is C=CCN1C(=O)C(c2ccc(F)cc2)=C(N(CCOC)CCOC)C1=O. The van der Waals surface area contributed by atoms with Crippen LogP contribution >= 0.6 is 0 Å². The standard InChI is InChI=1S/C19H23FN2O4/c1-4-9-22-18(23)16(14-5-7-15(20)8-6-14)17(19(22)24)21(10-12-25-2)11-13-26-3/h4-8H,1,9-13H2,2-3H3. The number of amides is 2. The molecule has 7 heteroatoms. The Balaban J connectivity index is 2.52. The molecule has 0 aromatic heterocycles. The maximum Gasteiger partial charge on any atom is 0.278 e. The van der Waals surface area contributed by atoms with Gasteiger partial charge < -0.3 is 14.4 Å². The number of rotatable bonds is 10. The number of imide groups is 1. The van der Waals surface area contributed by atoms with Crippen molar-refractivity contribution in [1.29, 1.82) is 0 Å². The summed E-state index contributed by atoms with van der Waals surface area (Å²) in [5.41, 5.74) is 1.02. The molecule has 26 heavy (non-hydrogen) atoms. The monoisotopic (exact) mass is 362 g/mol. The second-order valence-corrected chi connectivity index (χ2v) is 5.71. The molecule has 0 aliphatic carbocycles. The molecular weight excluding hydrogens is 339 g/mol. The molecule has 0 saturated heterocycles. The first-order valence-corrected chi connectivity index (χ1v) is 8.25. The molecule has 0 N–H and O–H groups in total. The van der Waals surface area contributed by atoms with Crippen molar-refractivity contribution in [2.75, 3.05) is 47.1 Å². The third kappa shape index (κ3) is 4.17. The number of carbonyl (C=O) groups excluding carboxylic acids is 2. The lowest BCUT2D eigenvalue weighted by Gasteiger charge is -2.25. The van der Waals surface area contributed by atoms with Crippen LogP contribution < -0.4 is 0 Å². The van der Waals surface area contributed by atoms with E-state index in [0.29, 0.717) is 31.9 Å². The first-order valence-electron chi connectivity index (χ1n) is 8.25. The zero-order valence-electron chi connectivity index (χ0n) is 15.0. The van der Waals surface area contributed by atoms with E-state index in [4.69, 9.17) is 9.47 Å². The van der Waals surface area contributed by atoms with E-state index in [-0.39, 0.29) is 17.8 Å². The maximum absolute atomic E-state index is 13.3. The smallest absolute Gasteiger partial charge is 0.278 e. The van der Waals surface area contributed by atoms with Crippen LogP contribution in [0.25, 0.3) is 5.57 Å². The van der Waals surface area contributed by atoms with Crippen molar-refractivity contribution in [1.82, 2.24) is 9.80 Å². The highest BCUT2D eigenvalue weighted by Crippen LogP contribution is 2.31. The number of benzene rings is 1. The van der Waals surface area contributed by atoms with E-state index < -0.39 is 17.6 Å². The van der Waals surface area contributed by atoms with Gasteiger partial charge in [-0.2, -0.15) is 0 Å². The molecule has 1 aromatic rings. The van der Waals surface area contributed by atoms with E-state index in [1.807, 2.05) is 0 Å². The summed E-state index contributed by atoms with van der Waals surface area (Å²) < 4.78 is 23.5. The molecule has 2 amide bonds. The summed E-state index contributed by atoms with van der Waals surface area (Å²) in [5, 5.41) is 0. The largest absolute Gasteiger partial charge is 0.383 e. The summed E-state index contributed by atoms with van der Waals surface area (Å²) in [6, 6.07) is 5.53. The van der Waals surface area contributed by atoms with Gasteiger partial charge in [0.05, 0.1) is 18.8 Å². The third-order valence-electron chi connectivity index (χ3n) is 4.04. The van der Waals surface area contributed by atoms with E-state index in [1.54, 1.807) is 19.1 Å². The fourth-order valence-electron chi connectivity index (χ4n) is 2.77. The van der Waals surface area contributed by atoms with Gasteiger partial charge in [0.25, 0.3) is 11.8 Å². The lowest BCUT2D eigenvalue weighted by atomic mass is 10.0. The minimum Gasteiger partial charge on any atom is -0.383 e. The van der Waals surface area contributed by atoms with Crippen molar-refractivity contribution in [2.24, 2.45) is 0 Å². The summed E-state index contributed by atoms with van der Waals surface area (Å²) >= 11 is 0. The highest BCUT2D eigenvalue weighted by Gasteiger charge is 2.40. The van der Waals surface area contributed by atoms with Crippen molar-refractivity contribution >= 4 is 17.4 Å². The molecule has 0 fully saturated rings. The summed E-state index contributed by atoms with van der Waals surface area (Å²) in [7, 11) is 3.13. The molecule has 1 aliphatic rings. The van der Waals surface area contributed by atoms with Gasteiger partial charge in [-0.3, -0.25) is 14.5 Å². The van der Waals surface area contributed by atoms with Gasteiger partial charge >= 0.3 is 0 Å². The zero-order chi connectivity index (χ0) is 19.1. The van der Waals surface area contributed by atoms with Crippen LogP contribution in [0, 0.1) is 5.82 Å². The van der Waals surface area contributed by atoms with Gasteiger partial charge in [0.1, 0.15) is 11.5 Å². The summed E-state index contributed by atoms with van der Waals surface area (Å²) in [6.07, 6.45) is 1.50. The van der Waals surface area contributed by atoms with Crippen LogP contribution in [0.3, 0.4) is 0 Å². The van der Waals surface area contributed by atoms with E-state index in [2.05, 4.69) is 6.58 Å². The quantitative estimate of drug-likeness (QED) is 0.468. The topological polar surface area (TPSA) is 59.1 Å². The fraction of sp³-hybridized carbons (Fsp3) is 0.368. The molecule has 0 saturated carbocycles. The lowest BCUT2D eigenvalue weighted by molar-refractivity contribution is -0.137. The van der Waals surface area contributed by atoms with Crippen LogP contribution in [-0.4, -0.2) is 68.7 Å². The minimum atomic E-state index is -0.420. The average molecular weight is 362 g/mol. The third-order valence-corrected chi connectivity index (χ3v) is 4.04. The normalized spacial score (nSPS) is 14.3. The molecule has 0 radical (unpaired) electrons. The predicted molar refractivity (Wildman–Crippen MR) is 95.6 cm³/mol.